The minimum atomic E-state index is -2.79. The van der Waals surface area contributed by atoms with Gasteiger partial charge in [0, 0.05) is 40.3 Å². The molecule has 1 aromatic heterocycles. The lowest BCUT2D eigenvalue weighted by Gasteiger charge is -2.23. The van der Waals surface area contributed by atoms with E-state index in [4.69, 9.17) is 13.3 Å². The van der Waals surface area contributed by atoms with Crippen molar-refractivity contribution in [3.8, 4) is 0 Å². The van der Waals surface area contributed by atoms with E-state index in [1.165, 1.54) is 5.69 Å². The van der Waals surface area contributed by atoms with E-state index in [0.717, 1.165) is 18.3 Å². The molecule has 0 atom stereocenters. The zero-order chi connectivity index (χ0) is 12.2. The maximum Gasteiger partial charge on any atom is 0.573 e. The minimum Gasteiger partial charge on any atom is -0.372 e. The van der Waals surface area contributed by atoms with Crippen molar-refractivity contribution in [1.29, 1.82) is 0 Å². The van der Waals surface area contributed by atoms with Gasteiger partial charge in [-0.3, -0.25) is 0 Å². The van der Waals surface area contributed by atoms with E-state index in [-0.39, 0.29) is 0 Å². The number of hydrogen-bond acceptors (Lipinski definition) is 4. The fourth-order valence-corrected chi connectivity index (χ4v) is 3.57. The number of aromatic nitrogens is 2. The van der Waals surface area contributed by atoms with Crippen LogP contribution in [0.25, 0.3) is 0 Å². The van der Waals surface area contributed by atoms with E-state index < -0.39 is 8.80 Å². The van der Waals surface area contributed by atoms with Gasteiger partial charge in [0.15, 0.2) is 5.45 Å². The third-order valence-corrected chi connectivity index (χ3v) is 5.30. The maximum absolute atomic E-state index is 5.41. The minimum absolute atomic E-state index is 0.753. The van der Waals surface area contributed by atoms with Crippen LogP contribution in [0.4, 0.5) is 0 Å². The number of nitrogens with zero attached hydrogens (tertiary/aromatic N) is 2. The summed E-state index contributed by atoms with van der Waals surface area (Å²) in [7, 11) is 3.94. The molecule has 1 heterocycles. The van der Waals surface area contributed by atoms with Crippen LogP contribution >= 0.6 is 0 Å². The van der Waals surface area contributed by atoms with Crippen molar-refractivity contribution < 1.29 is 13.3 Å². The van der Waals surface area contributed by atoms with E-state index in [1.807, 2.05) is 17.8 Å². The van der Waals surface area contributed by atoms with Gasteiger partial charge in [-0.2, -0.15) is 0 Å². The van der Waals surface area contributed by atoms with Gasteiger partial charge in [0.1, 0.15) is 0 Å². The van der Waals surface area contributed by atoms with Gasteiger partial charge in [0.25, 0.3) is 0 Å². The lowest BCUT2D eigenvalue weighted by molar-refractivity contribution is 0.137. The zero-order valence-corrected chi connectivity index (χ0v) is 11.6. The number of rotatable bonds is 6. The molecule has 0 aliphatic carbocycles. The van der Waals surface area contributed by atoms with Crippen LogP contribution in [-0.2, 0) is 26.7 Å². The predicted molar refractivity (Wildman–Crippen MR) is 63.6 cm³/mol. The lowest BCUT2D eigenvalue weighted by atomic mass is 10.3. The number of aryl methyl sites for hydroxylation is 1. The monoisotopic (exact) mass is 244 g/mol. The van der Waals surface area contributed by atoms with E-state index in [9.17, 15) is 0 Å². The van der Waals surface area contributed by atoms with Crippen molar-refractivity contribution in [2.45, 2.75) is 19.8 Å². The van der Waals surface area contributed by atoms with Crippen LogP contribution in [0.5, 0.6) is 0 Å². The highest BCUT2D eigenvalue weighted by Crippen LogP contribution is 2.08. The van der Waals surface area contributed by atoms with Crippen LogP contribution in [0.15, 0.2) is 6.20 Å². The van der Waals surface area contributed by atoms with Crippen LogP contribution in [0, 0.1) is 0 Å². The summed E-state index contributed by atoms with van der Waals surface area (Å²) in [4.78, 5) is 4.37. The van der Waals surface area contributed by atoms with Gasteiger partial charge < -0.3 is 17.8 Å². The molecule has 1 rings (SSSR count). The Morgan fingerprint density at radius 1 is 1.25 bits per heavy atom. The zero-order valence-electron chi connectivity index (χ0n) is 10.6. The third-order valence-electron chi connectivity index (χ3n) is 2.67. The molecule has 0 aliphatic heterocycles. The Hall–Kier alpha value is -0.693. The van der Waals surface area contributed by atoms with E-state index in [0.29, 0.717) is 0 Å². The smallest absolute Gasteiger partial charge is 0.372 e. The molecule has 0 unspecified atom stereocenters. The summed E-state index contributed by atoms with van der Waals surface area (Å²) in [6.07, 6.45) is 3.93. The van der Waals surface area contributed by atoms with Crippen LogP contribution in [0.2, 0.25) is 0 Å². The fourth-order valence-electron chi connectivity index (χ4n) is 1.74. The second-order valence-electron chi connectivity index (χ2n) is 3.55. The Morgan fingerprint density at radius 3 is 2.25 bits per heavy atom. The van der Waals surface area contributed by atoms with Crippen LogP contribution in [0.3, 0.4) is 0 Å². The molecular weight excluding hydrogens is 224 g/mol. The molecule has 0 N–H and O–H groups in total. The van der Waals surface area contributed by atoms with E-state index >= 15 is 0 Å². The van der Waals surface area contributed by atoms with Crippen molar-refractivity contribution >= 4 is 14.3 Å². The van der Waals surface area contributed by atoms with Gasteiger partial charge in [0.05, 0.1) is 0 Å². The van der Waals surface area contributed by atoms with Gasteiger partial charge in [-0.1, -0.05) is 13.3 Å². The molecule has 0 saturated heterocycles. The number of hydrogen-bond donors (Lipinski definition) is 0. The highest BCUT2D eigenvalue weighted by atomic mass is 28.4. The molecule has 5 nitrogen and oxygen atoms in total. The Labute approximate surface area is 97.7 Å². The topological polar surface area (TPSA) is 45.5 Å². The molecular formula is C10H20N2O3Si. The Kier molecular flexibility index (Phi) is 4.66. The molecule has 6 heteroatoms. The Balaban J connectivity index is 3.11. The molecule has 0 aliphatic rings. The SMILES string of the molecule is CCCc1cnc([Si](OC)(OC)OC)n1C. The second kappa shape index (κ2) is 5.58. The molecule has 16 heavy (non-hydrogen) atoms. The molecule has 0 amide bonds. The molecule has 1 aromatic rings. The van der Waals surface area contributed by atoms with Crippen molar-refractivity contribution in [3.63, 3.8) is 0 Å². The Bertz CT molecular complexity index is 329. The average Bonchev–Trinajstić information content (AvgIpc) is 2.66. The van der Waals surface area contributed by atoms with Crippen molar-refractivity contribution in [2.75, 3.05) is 21.3 Å². The predicted octanol–water partition coefficient (Wildman–Crippen LogP) is 0.458. The quantitative estimate of drug-likeness (QED) is 0.682. The third kappa shape index (κ3) is 2.19. The van der Waals surface area contributed by atoms with Gasteiger partial charge in [-0.25, -0.2) is 4.98 Å². The molecule has 0 aromatic carbocycles. The summed E-state index contributed by atoms with van der Waals surface area (Å²) in [6.45, 7) is 2.14. The van der Waals surface area contributed by atoms with Gasteiger partial charge in [-0.05, 0) is 6.42 Å². The van der Waals surface area contributed by atoms with Crippen LogP contribution in [-0.4, -0.2) is 39.7 Å². The normalized spacial score (nSPS) is 12.1. The molecule has 0 saturated carbocycles. The van der Waals surface area contributed by atoms with E-state index in [2.05, 4.69) is 11.9 Å². The largest absolute Gasteiger partial charge is 0.573 e. The van der Waals surface area contributed by atoms with Crippen LogP contribution in [0.1, 0.15) is 19.0 Å². The first-order valence-electron chi connectivity index (χ1n) is 5.31. The summed E-state index contributed by atoms with van der Waals surface area (Å²) in [5.74, 6) is 0. The summed E-state index contributed by atoms with van der Waals surface area (Å²) in [5.41, 5.74) is 1.92. The average molecular weight is 244 g/mol. The van der Waals surface area contributed by atoms with Gasteiger partial charge in [-0.15, -0.1) is 0 Å². The first-order chi connectivity index (χ1) is 7.65. The summed E-state index contributed by atoms with van der Waals surface area (Å²) in [6, 6.07) is 0. The van der Waals surface area contributed by atoms with Crippen molar-refractivity contribution in [1.82, 2.24) is 9.55 Å². The first kappa shape index (κ1) is 13.4. The molecule has 0 fully saturated rings. The van der Waals surface area contributed by atoms with Crippen molar-refractivity contribution in [3.05, 3.63) is 11.9 Å². The van der Waals surface area contributed by atoms with E-state index in [1.54, 1.807) is 21.3 Å². The Morgan fingerprint density at radius 2 is 1.81 bits per heavy atom. The first-order valence-corrected chi connectivity index (χ1v) is 7.04. The second-order valence-corrected chi connectivity index (χ2v) is 6.34. The molecule has 0 radical (unpaired) electrons. The van der Waals surface area contributed by atoms with Gasteiger partial charge >= 0.3 is 8.80 Å². The maximum atomic E-state index is 5.41. The summed E-state index contributed by atoms with van der Waals surface area (Å²) < 4.78 is 18.2. The summed E-state index contributed by atoms with van der Waals surface area (Å²) in [5, 5.41) is 0. The number of imidazole rings is 1. The lowest BCUT2D eigenvalue weighted by Crippen LogP contribution is -2.58. The van der Waals surface area contributed by atoms with Gasteiger partial charge in [0.2, 0.25) is 0 Å². The molecule has 92 valence electrons. The fraction of sp³-hybridized carbons (Fsp3) is 0.700. The molecule has 0 bridgehead atoms. The molecule has 0 spiro atoms. The standard InChI is InChI=1S/C10H20N2O3Si/c1-6-7-9-8-11-10(12(9)2)16(13-3,14-4)15-5/h8H,6-7H2,1-5H3. The highest BCUT2D eigenvalue weighted by Gasteiger charge is 2.45. The highest BCUT2D eigenvalue weighted by molar-refractivity contribution is 6.73. The van der Waals surface area contributed by atoms with Crippen LogP contribution < -0.4 is 5.45 Å². The summed E-state index contributed by atoms with van der Waals surface area (Å²) >= 11 is 0. The van der Waals surface area contributed by atoms with Crippen molar-refractivity contribution in [2.24, 2.45) is 7.05 Å².